The first-order chi connectivity index (χ1) is 10.6. The van der Waals surface area contributed by atoms with Crippen molar-refractivity contribution in [3.63, 3.8) is 0 Å². The number of hydrogen-bond donors (Lipinski definition) is 2. The average molecular weight is 299 g/mol. The van der Waals surface area contributed by atoms with Gasteiger partial charge in [-0.2, -0.15) is 0 Å². The van der Waals surface area contributed by atoms with Crippen LogP contribution in [0.3, 0.4) is 0 Å². The highest BCUT2D eigenvalue weighted by Crippen LogP contribution is 2.20. The van der Waals surface area contributed by atoms with Crippen LogP contribution in [0.15, 0.2) is 40.9 Å². The van der Waals surface area contributed by atoms with Crippen molar-refractivity contribution in [2.45, 2.75) is 13.5 Å². The molecule has 2 heterocycles. The van der Waals surface area contributed by atoms with Crippen molar-refractivity contribution in [3.05, 3.63) is 48.0 Å². The third-order valence-corrected chi connectivity index (χ3v) is 3.01. The van der Waals surface area contributed by atoms with Gasteiger partial charge in [0.25, 0.3) is 0 Å². The lowest BCUT2D eigenvalue weighted by molar-refractivity contribution is 0.209. The topological polar surface area (TPSA) is 97.5 Å². The highest BCUT2D eigenvalue weighted by atomic mass is 16.5. The van der Waals surface area contributed by atoms with Gasteiger partial charge in [-0.15, -0.1) is 0 Å². The van der Waals surface area contributed by atoms with E-state index in [4.69, 9.17) is 14.3 Å². The van der Waals surface area contributed by atoms with Crippen LogP contribution in [0.1, 0.15) is 11.5 Å². The summed E-state index contributed by atoms with van der Waals surface area (Å²) in [6.45, 7) is 1.91. The zero-order valence-corrected chi connectivity index (χ0v) is 11.7. The number of ether oxygens (including phenoxy) is 1. The molecule has 1 aromatic carbocycles. The second-order valence-electron chi connectivity index (χ2n) is 4.63. The molecule has 7 heteroatoms. The van der Waals surface area contributed by atoms with E-state index in [0.717, 1.165) is 5.52 Å². The van der Waals surface area contributed by atoms with Crippen molar-refractivity contribution in [2.75, 3.05) is 5.32 Å². The lowest BCUT2D eigenvalue weighted by Gasteiger charge is -2.07. The Bertz CT molecular complexity index is 796. The fraction of sp³-hybridized carbons (Fsp3) is 0.133. The van der Waals surface area contributed by atoms with Gasteiger partial charge in [0.05, 0.1) is 11.9 Å². The van der Waals surface area contributed by atoms with Crippen molar-refractivity contribution in [3.8, 4) is 5.88 Å². The van der Waals surface area contributed by atoms with Crippen molar-refractivity contribution >= 4 is 22.9 Å². The highest BCUT2D eigenvalue weighted by molar-refractivity contribution is 5.83. The number of aryl methyl sites for hydroxylation is 1. The number of anilines is 1. The van der Waals surface area contributed by atoms with Gasteiger partial charge in [0.1, 0.15) is 5.52 Å². The number of rotatable bonds is 4. The lowest BCUT2D eigenvalue weighted by atomic mass is 10.2. The standard InChI is InChI=1S/C15H13N3O4/c1-9-6-13(16-7-11(9)18-15(19)20)21-8-14-17-10-4-2-3-5-12(10)22-14/h2-7,18H,8H2,1H3,(H,19,20). The Labute approximate surface area is 125 Å². The Morgan fingerprint density at radius 1 is 1.41 bits per heavy atom. The maximum atomic E-state index is 10.6. The number of carbonyl (C=O) groups is 1. The van der Waals surface area contributed by atoms with E-state index in [2.05, 4.69) is 15.3 Å². The molecule has 0 radical (unpaired) electrons. The molecule has 3 rings (SSSR count). The molecule has 0 fully saturated rings. The van der Waals surface area contributed by atoms with E-state index in [0.29, 0.717) is 28.6 Å². The van der Waals surface area contributed by atoms with Gasteiger partial charge >= 0.3 is 6.09 Å². The molecule has 0 aliphatic carbocycles. The number of aromatic nitrogens is 2. The molecule has 2 N–H and O–H groups in total. The van der Waals surface area contributed by atoms with Crippen LogP contribution in [0.5, 0.6) is 5.88 Å². The molecule has 0 aliphatic rings. The van der Waals surface area contributed by atoms with E-state index < -0.39 is 6.09 Å². The molecule has 0 unspecified atom stereocenters. The third-order valence-electron chi connectivity index (χ3n) is 3.01. The maximum absolute atomic E-state index is 10.6. The number of nitrogens with zero attached hydrogens (tertiary/aromatic N) is 2. The smallest absolute Gasteiger partial charge is 0.409 e. The minimum atomic E-state index is -1.13. The van der Waals surface area contributed by atoms with Crippen LogP contribution in [0, 0.1) is 6.92 Å². The van der Waals surface area contributed by atoms with Gasteiger partial charge in [0.15, 0.2) is 12.2 Å². The third kappa shape index (κ3) is 2.98. The Hall–Kier alpha value is -3.09. The van der Waals surface area contributed by atoms with Crippen LogP contribution in [0.25, 0.3) is 11.1 Å². The zero-order valence-electron chi connectivity index (χ0n) is 11.7. The van der Waals surface area contributed by atoms with Gasteiger partial charge in [0, 0.05) is 6.07 Å². The predicted octanol–water partition coefficient (Wildman–Crippen LogP) is 3.20. The summed E-state index contributed by atoms with van der Waals surface area (Å²) < 4.78 is 11.1. The average Bonchev–Trinajstić information content (AvgIpc) is 2.90. The highest BCUT2D eigenvalue weighted by Gasteiger charge is 2.08. The van der Waals surface area contributed by atoms with Gasteiger partial charge in [0.2, 0.25) is 11.8 Å². The van der Waals surface area contributed by atoms with Crippen molar-refractivity contribution in [2.24, 2.45) is 0 Å². The Balaban J connectivity index is 1.70. The quantitative estimate of drug-likeness (QED) is 0.767. The summed E-state index contributed by atoms with van der Waals surface area (Å²) in [5, 5.41) is 11.0. The van der Waals surface area contributed by atoms with E-state index in [-0.39, 0.29) is 6.61 Å². The number of oxazole rings is 1. The first kappa shape index (κ1) is 13.9. The number of nitrogens with one attached hydrogen (secondary N) is 1. The van der Waals surface area contributed by atoms with E-state index >= 15 is 0 Å². The summed E-state index contributed by atoms with van der Waals surface area (Å²) in [7, 11) is 0. The number of para-hydroxylation sites is 2. The van der Waals surface area contributed by atoms with Crippen molar-refractivity contribution in [1.82, 2.24) is 9.97 Å². The number of pyridine rings is 1. The fourth-order valence-electron chi connectivity index (χ4n) is 1.97. The van der Waals surface area contributed by atoms with E-state index in [1.54, 1.807) is 13.0 Å². The molecule has 0 atom stereocenters. The lowest BCUT2D eigenvalue weighted by Crippen LogP contribution is -2.09. The number of benzene rings is 1. The van der Waals surface area contributed by atoms with E-state index in [9.17, 15) is 4.79 Å². The molecule has 0 saturated carbocycles. The molecule has 1 amide bonds. The molecule has 3 aromatic rings. The van der Waals surface area contributed by atoms with Gasteiger partial charge < -0.3 is 14.3 Å². The Morgan fingerprint density at radius 2 is 2.23 bits per heavy atom. The number of hydrogen-bond acceptors (Lipinski definition) is 5. The fourth-order valence-corrected chi connectivity index (χ4v) is 1.97. The minimum absolute atomic E-state index is 0.146. The summed E-state index contributed by atoms with van der Waals surface area (Å²) in [4.78, 5) is 19.0. The molecule has 0 bridgehead atoms. The zero-order chi connectivity index (χ0) is 15.5. The summed E-state index contributed by atoms with van der Waals surface area (Å²) in [6.07, 6.45) is 0.273. The normalized spacial score (nSPS) is 10.6. The van der Waals surface area contributed by atoms with Crippen molar-refractivity contribution < 1.29 is 19.1 Å². The molecular formula is C15H13N3O4. The summed E-state index contributed by atoms with van der Waals surface area (Å²) in [5.74, 6) is 0.823. The summed E-state index contributed by atoms with van der Waals surface area (Å²) in [6, 6.07) is 9.09. The van der Waals surface area contributed by atoms with Gasteiger partial charge in [-0.3, -0.25) is 5.32 Å². The summed E-state index contributed by atoms with van der Waals surface area (Å²) >= 11 is 0. The Morgan fingerprint density at radius 3 is 2.95 bits per heavy atom. The van der Waals surface area contributed by atoms with Crippen LogP contribution in [-0.2, 0) is 6.61 Å². The first-order valence-electron chi connectivity index (χ1n) is 6.55. The van der Waals surface area contributed by atoms with Crippen LogP contribution >= 0.6 is 0 Å². The number of amides is 1. The van der Waals surface area contributed by atoms with Gasteiger partial charge in [-0.05, 0) is 24.6 Å². The van der Waals surface area contributed by atoms with Crippen LogP contribution in [0.2, 0.25) is 0 Å². The molecular weight excluding hydrogens is 286 g/mol. The first-order valence-corrected chi connectivity index (χ1v) is 6.55. The Kier molecular flexibility index (Phi) is 3.61. The molecule has 0 aliphatic heterocycles. The largest absolute Gasteiger partial charge is 0.468 e. The summed E-state index contributed by atoms with van der Waals surface area (Å²) in [5.41, 5.74) is 2.60. The SMILES string of the molecule is Cc1cc(OCc2nc3ccccc3o2)ncc1NC(=O)O. The number of fused-ring (bicyclic) bond motifs is 1. The second-order valence-corrected chi connectivity index (χ2v) is 4.63. The van der Waals surface area contributed by atoms with Crippen LogP contribution in [0.4, 0.5) is 10.5 Å². The monoisotopic (exact) mass is 299 g/mol. The van der Waals surface area contributed by atoms with Crippen molar-refractivity contribution in [1.29, 1.82) is 0 Å². The molecule has 22 heavy (non-hydrogen) atoms. The van der Waals surface area contributed by atoms with E-state index in [1.807, 2.05) is 24.3 Å². The molecule has 7 nitrogen and oxygen atoms in total. The van der Waals surface area contributed by atoms with Crippen LogP contribution in [-0.4, -0.2) is 21.2 Å². The van der Waals surface area contributed by atoms with Crippen LogP contribution < -0.4 is 10.1 Å². The molecule has 0 saturated heterocycles. The predicted molar refractivity (Wildman–Crippen MR) is 79.0 cm³/mol. The molecule has 0 spiro atoms. The minimum Gasteiger partial charge on any atom is -0.468 e. The second kappa shape index (κ2) is 5.72. The molecule has 2 aromatic heterocycles. The van der Waals surface area contributed by atoms with Gasteiger partial charge in [-0.25, -0.2) is 14.8 Å². The van der Waals surface area contributed by atoms with Gasteiger partial charge in [-0.1, -0.05) is 12.1 Å². The number of carboxylic acid groups (broad SMARTS) is 1. The maximum Gasteiger partial charge on any atom is 0.409 e. The molecule has 112 valence electrons. The van der Waals surface area contributed by atoms with E-state index in [1.165, 1.54) is 6.20 Å².